The highest BCUT2D eigenvalue weighted by Crippen LogP contribution is 2.34. The molecular weight excluding hydrogens is 296 g/mol. The number of anilines is 1. The summed E-state index contributed by atoms with van der Waals surface area (Å²) < 4.78 is 0. The predicted octanol–water partition coefficient (Wildman–Crippen LogP) is 2.82. The van der Waals surface area contributed by atoms with E-state index in [0.717, 1.165) is 17.0 Å². The highest BCUT2D eigenvalue weighted by molar-refractivity contribution is 8.00. The molecule has 1 N–H and O–H groups in total. The molecule has 2 aliphatic rings. The molecule has 5 heteroatoms. The molecule has 0 saturated heterocycles. The molecule has 118 valence electrons. The van der Waals surface area contributed by atoms with Gasteiger partial charge < -0.3 is 10.2 Å². The topological polar surface area (TPSA) is 49.4 Å². The van der Waals surface area contributed by atoms with Crippen LogP contribution in [0.4, 0.5) is 5.69 Å². The maximum atomic E-state index is 12.4. The second-order valence-corrected chi connectivity index (χ2v) is 7.19. The molecule has 0 radical (unpaired) electrons. The van der Waals surface area contributed by atoms with Crippen molar-refractivity contribution >= 4 is 29.3 Å². The van der Waals surface area contributed by atoms with Gasteiger partial charge in [-0.1, -0.05) is 31.9 Å². The first-order chi connectivity index (χ1) is 10.6. The van der Waals surface area contributed by atoms with Crippen LogP contribution in [-0.2, 0) is 9.59 Å². The number of thioether (sulfide) groups is 1. The average molecular weight is 318 g/mol. The standard InChI is InChI=1S/C17H22N2O2S/c1-12-6-2-3-7-13(12)18-16(20)10-19-14-8-4-5-9-15(14)22-11-17(19)21/h4-5,8-9,12-13H,2-3,6-7,10-11H2,1H3,(H,18,20)/t12-,13+/m0/s1. The number of amides is 2. The molecule has 1 saturated carbocycles. The molecule has 0 aromatic heterocycles. The Bertz CT molecular complexity index is 576. The Labute approximate surface area is 135 Å². The van der Waals surface area contributed by atoms with E-state index in [0.29, 0.717) is 11.7 Å². The first kappa shape index (κ1) is 15.4. The van der Waals surface area contributed by atoms with Gasteiger partial charge in [-0.05, 0) is 30.9 Å². The minimum absolute atomic E-state index is 0.00976. The fourth-order valence-electron chi connectivity index (χ4n) is 3.25. The first-order valence-electron chi connectivity index (χ1n) is 7.96. The summed E-state index contributed by atoms with van der Waals surface area (Å²) in [5, 5.41) is 3.13. The van der Waals surface area contributed by atoms with Gasteiger partial charge in [-0.25, -0.2) is 0 Å². The molecule has 2 amide bonds. The molecule has 0 bridgehead atoms. The van der Waals surface area contributed by atoms with Crippen LogP contribution in [-0.4, -0.2) is 30.2 Å². The SMILES string of the molecule is C[C@H]1CCCC[C@H]1NC(=O)CN1C(=O)CSc2ccccc21. The molecule has 3 rings (SSSR count). The van der Waals surface area contributed by atoms with Crippen LogP contribution in [0.3, 0.4) is 0 Å². The van der Waals surface area contributed by atoms with Crippen LogP contribution >= 0.6 is 11.8 Å². The molecule has 2 atom stereocenters. The Morgan fingerprint density at radius 2 is 2.09 bits per heavy atom. The van der Waals surface area contributed by atoms with E-state index in [1.54, 1.807) is 16.7 Å². The van der Waals surface area contributed by atoms with Gasteiger partial charge >= 0.3 is 0 Å². The summed E-state index contributed by atoms with van der Waals surface area (Å²) in [4.78, 5) is 27.2. The van der Waals surface area contributed by atoms with Gasteiger partial charge in [0.1, 0.15) is 6.54 Å². The van der Waals surface area contributed by atoms with E-state index in [2.05, 4.69) is 12.2 Å². The van der Waals surface area contributed by atoms with E-state index in [4.69, 9.17) is 0 Å². The summed E-state index contributed by atoms with van der Waals surface area (Å²) in [6.45, 7) is 2.32. The van der Waals surface area contributed by atoms with Crippen molar-refractivity contribution in [3.63, 3.8) is 0 Å². The molecule has 1 heterocycles. The lowest BCUT2D eigenvalue weighted by Crippen LogP contribution is -2.48. The maximum Gasteiger partial charge on any atom is 0.240 e. The molecule has 0 spiro atoms. The van der Waals surface area contributed by atoms with Crippen molar-refractivity contribution in [1.82, 2.24) is 5.32 Å². The second kappa shape index (κ2) is 6.73. The van der Waals surface area contributed by atoms with Crippen LogP contribution in [0.15, 0.2) is 29.2 Å². The van der Waals surface area contributed by atoms with Gasteiger partial charge in [0.05, 0.1) is 11.4 Å². The number of hydrogen-bond acceptors (Lipinski definition) is 3. The van der Waals surface area contributed by atoms with Crippen molar-refractivity contribution in [3.05, 3.63) is 24.3 Å². The lowest BCUT2D eigenvalue weighted by Gasteiger charge is -2.32. The minimum Gasteiger partial charge on any atom is -0.352 e. The number of hydrogen-bond donors (Lipinski definition) is 1. The molecule has 1 aromatic rings. The summed E-state index contributed by atoms with van der Waals surface area (Å²) in [5.74, 6) is 0.895. The Morgan fingerprint density at radius 3 is 2.91 bits per heavy atom. The molecule has 1 aliphatic heterocycles. The van der Waals surface area contributed by atoms with E-state index < -0.39 is 0 Å². The molecule has 1 aliphatic carbocycles. The first-order valence-corrected chi connectivity index (χ1v) is 8.95. The zero-order chi connectivity index (χ0) is 15.5. The predicted molar refractivity (Wildman–Crippen MR) is 89.1 cm³/mol. The van der Waals surface area contributed by atoms with Crippen LogP contribution in [0.2, 0.25) is 0 Å². The van der Waals surface area contributed by atoms with Crippen LogP contribution < -0.4 is 10.2 Å². The van der Waals surface area contributed by atoms with Gasteiger partial charge in [0.25, 0.3) is 0 Å². The summed E-state index contributed by atoms with van der Waals surface area (Å²) in [6, 6.07) is 8.04. The fraction of sp³-hybridized carbons (Fsp3) is 0.529. The second-order valence-electron chi connectivity index (χ2n) is 6.17. The lowest BCUT2D eigenvalue weighted by molar-refractivity contribution is -0.123. The highest BCUT2D eigenvalue weighted by Gasteiger charge is 2.28. The largest absolute Gasteiger partial charge is 0.352 e. The summed E-state index contributed by atoms with van der Waals surface area (Å²) in [7, 11) is 0. The average Bonchev–Trinajstić information content (AvgIpc) is 2.52. The van der Waals surface area contributed by atoms with Crippen LogP contribution in [0.1, 0.15) is 32.6 Å². The number of fused-ring (bicyclic) bond motifs is 1. The number of nitrogens with zero attached hydrogens (tertiary/aromatic N) is 1. The molecule has 0 unspecified atom stereocenters. The Kier molecular flexibility index (Phi) is 4.71. The molecule has 1 fully saturated rings. The summed E-state index contributed by atoms with van der Waals surface area (Å²) in [5.41, 5.74) is 0.857. The van der Waals surface area contributed by atoms with Gasteiger partial charge in [0.2, 0.25) is 11.8 Å². The molecular formula is C17H22N2O2S. The quantitative estimate of drug-likeness (QED) is 0.932. The van der Waals surface area contributed by atoms with Gasteiger partial charge in [-0.2, -0.15) is 0 Å². The third kappa shape index (κ3) is 3.29. The van der Waals surface area contributed by atoms with Crippen LogP contribution in [0.5, 0.6) is 0 Å². The minimum atomic E-state index is -0.0474. The van der Waals surface area contributed by atoms with Crippen molar-refractivity contribution in [2.24, 2.45) is 5.92 Å². The van der Waals surface area contributed by atoms with Crippen LogP contribution in [0, 0.1) is 5.92 Å². The van der Waals surface area contributed by atoms with E-state index in [-0.39, 0.29) is 24.4 Å². The van der Waals surface area contributed by atoms with Gasteiger partial charge in [0.15, 0.2) is 0 Å². The van der Waals surface area contributed by atoms with E-state index in [1.807, 2.05) is 24.3 Å². The zero-order valence-electron chi connectivity index (χ0n) is 12.9. The number of para-hydroxylation sites is 1. The number of benzene rings is 1. The molecule has 4 nitrogen and oxygen atoms in total. The maximum absolute atomic E-state index is 12.4. The Morgan fingerprint density at radius 1 is 1.32 bits per heavy atom. The summed E-state index contributed by atoms with van der Waals surface area (Å²) in [6.07, 6.45) is 4.65. The highest BCUT2D eigenvalue weighted by atomic mass is 32.2. The van der Waals surface area contributed by atoms with E-state index in [1.165, 1.54) is 19.3 Å². The Balaban J connectivity index is 1.67. The number of rotatable bonds is 3. The van der Waals surface area contributed by atoms with Gasteiger partial charge in [-0.15, -0.1) is 11.8 Å². The Hall–Kier alpha value is -1.49. The lowest BCUT2D eigenvalue weighted by atomic mass is 9.86. The molecule has 1 aromatic carbocycles. The van der Waals surface area contributed by atoms with Gasteiger partial charge in [-0.3, -0.25) is 9.59 Å². The van der Waals surface area contributed by atoms with E-state index in [9.17, 15) is 9.59 Å². The fourth-order valence-corrected chi connectivity index (χ4v) is 4.19. The van der Waals surface area contributed by atoms with Crippen molar-refractivity contribution in [1.29, 1.82) is 0 Å². The van der Waals surface area contributed by atoms with E-state index >= 15 is 0 Å². The number of carbonyl (C=O) groups is 2. The van der Waals surface area contributed by atoms with Crippen molar-refractivity contribution < 1.29 is 9.59 Å². The molecule has 22 heavy (non-hydrogen) atoms. The van der Waals surface area contributed by atoms with Crippen molar-refractivity contribution in [2.75, 3.05) is 17.2 Å². The van der Waals surface area contributed by atoms with Crippen molar-refractivity contribution in [3.8, 4) is 0 Å². The third-order valence-corrected chi connectivity index (χ3v) is 5.62. The zero-order valence-corrected chi connectivity index (χ0v) is 13.7. The normalized spacial score (nSPS) is 24.8. The number of nitrogens with one attached hydrogen (secondary N) is 1. The monoisotopic (exact) mass is 318 g/mol. The van der Waals surface area contributed by atoms with Crippen molar-refractivity contribution in [2.45, 2.75) is 43.5 Å². The van der Waals surface area contributed by atoms with Gasteiger partial charge in [0, 0.05) is 10.9 Å². The smallest absolute Gasteiger partial charge is 0.240 e. The number of carbonyl (C=O) groups excluding carboxylic acids is 2. The summed E-state index contributed by atoms with van der Waals surface area (Å²) >= 11 is 1.54. The van der Waals surface area contributed by atoms with Crippen LogP contribution in [0.25, 0.3) is 0 Å². The third-order valence-electron chi connectivity index (χ3n) is 4.57.